The number of likely N-dealkylation sites (tertiary alicyclic amines) is 1. The molecule has 0 unspecified atom stereocenters. The maximum absolute atomic E-state index is 15.2. The van der Waals surface area contributed by atoms with E-state index in [1.54, 1.807) is 18.2 Å². The summed E-state index contributed by atoms with van der Waals surface area (Å²) in [5.41, 5.74) is 3.29. The summed E-state index contributed by atoms with van der Waals surface area (Å²) in [4.78, 5) is 26.9. The molecule has 0 spiro atoms. The molecule has 1 aliphatic rings. The van der Waals surface area contributed by atoms with E-state index in [-0.39, 0.29) is 28.9 Å². The quantitative estimate of drug-likeness (QED) is 0.168. The van der Waals surface area contributed by atoms with Crippen molar-refractivity contribution in [1.82, 2.24) is 14.7 Å². The number of carbonyl (C=O) groups excluding carboxylic acids is 1. The largest absolute Gasteiger partial charge is 0.465 e. The van der Waals surface area contributed by atoms with Crippen LogP contribution in [0.3, 0.4) is 0 Å². The Morgan fingerprint density at radius 1 is 0.833 bits per heavy atom. The van der Waals surface area contributed by atoms with E-state index in [0.29, 0.717) is 35.9 Å². The minimum Gasteiger partial charge on any atom is -0.465 e. The normalized spacial score (nSPS) is 15.0. The van der Waals surface area contributed by atoms with Crippen LogP contribution < -0.4 is 5.32 Å². The summed E-state index contributed by atoms with van der Waals surface area (Å²) in [6.07, 6.45) is 0.0769. The summed E-state index contributed by atoms with van der Waals surface area (Å²) in [5.74, 6) is -1.07. The summed E-state index contributed by atoms with van der Waals surface area (Å²) in [6, 6.07) is 40.2. The molecule has 0 saturated carbocycles. The van der Waals surface area contributed by atoms with E-state index in [2.05, 4.69) is 41.7 Å². The first-order chi connectivity index (χ1) is 23.4. The Morgan fingerprint density at radius 2 is 1.44 bits per heavy atom. The second-order valence-electron chi connectivity index (χ2n) is 12.0. The average molecular weight is 659 g/mol. The molecule has 1 saturated heterocycles. The molecule has 0 radical (unpaired) electrons. The van der Waals surface area contributed by atoms with Crippen LogP contribution in [0.4, 0.5) is 15.0 Å². The first-order valence-corrected chi connectivity index (χ1v) is 16.2. The van der Waals surface area contributed by atoms with Gasteiger partial charge in [-0.25, -0.2) is 13.9 Å². The number of fused-ring (bicyclic) bond motifs is 1. The topological polar surface area (TPSA) is 87.5 Å². The number of hydrogen-bond acceptors (Lipinski definition) is 3. The summed E-state index contributed by atoms with van der Waals surface area (Å²) >= 11 is 6.51. The third-order valence-electron chi connectivity index (χ3n) is 9.13. The molecular formula is C39H32ClFN4O3. The molecule has 0 aliphatic carbocycles. The van der Waals surface area contributed by atoms with Crippen molar-refractivity contribution in [2.75, 3.05) is 18.4 Å². The van der Waals surface area contributed by atoms with Crippen molar-refractivity contribution in [2.24, 2.45) is 5.92 Å². The van der Waals surface area contributed by atoms with Crippen LogP contribution in [-0.4, -0.2) is 44.9 Å². The number of piperidine rings is 1. The Balaban J connectivity index is 1.49. The summed E-state index contributed by atoms with van der Waals surface area (Å²) in [7, 11) is 0. The zero-order chi connectivity index (χ0) is 33.3. The van der Waals surface area contributed by atoms with Gasteiger partial charge >= 0.3 is 6.09 Å². The molecule has 1 atom stereocenters. The molecule has 7 rings (SSSR count). The molecule has 5 aromatic carbocycles. The van der Waals surface area contributed by atoms with Crippen LogP contribution in [0.25, 0.3) is 22.0 Å². The fourth-order valence-electron chi connectivity index (χ4n) is 6.88. The van der Waals surface area contributed by atoms with Crippen LogP contribution in [0.2, 0.25) is 5.02 Å². The van der Waals surface area contributed by atoms with Crippen LogP contribution in [0, 0.1) is 11.7 Å². The van der Waals surface area contributed by atoms with Crippen molar-refractivity contribution in [2.45, 2.75) is 18.4 Å². The van der Waals surface area contributed by atoms with E-state index >= 15 is 4.39 Å². The van der Waals surface area contributed by atoms with Gasteiger partial charge in [-0.3, -0.25) is 4.79 Å². The number of carboxylic acid groups (broad SMARTS) is 1. The maximum Gasteiger partial charge on any atom is 0.407 e. The van der Waals surface area contributed by atoms with Crippen molar-refractivity contribution in [3.63, 3.8) is 0 Å². The van der Waals surface area contributed by atoms with Crippen LogP contribution in [0.1, 0.15) is 29.5 Å². The predicted octanol–water partition coefficient (Wildman–Crippen LogP) is 8.66. The molecule has 7 nitrogen and oxygen atoms in total. The predicted molar refractivity (Wildman–Crippen MR) is 186 cm³/mol. The molecule has 1 fully saturated rings. The van der Waals surface area contributed by atoms with Crippen molar-refractivity contribution >= 4 is 40.3 Å². The zero-order valence-corrected chi connectivity index (χ0v) is 26.6. The SMILES string of the molecule is O=C(Nc1nn(C(c2ccccc2)(c2ccccc2)c2ccccc2)c2ccc(-c3c(F)cccc3Cl)cc12)[C@H]1CCCN(C(=O)O)C1. The third kappa shape index (κ3) is 5.48. The van der Waals surface area contributed by atoms with E-state index in [9.17, 15) is 14.7 Å². The average Bonchev–Trinajstić information content (AvgIpc) is 3.47. The lowest BCUT2D eigenvalue weighted by Crippen LogP contribution is -2.43. The fraction of sp³-hybridized carbons (Fsp3) is 0.154. The van der Waals surface area contributed by atoms with Gasteiger partial charge in [0.15, 0.2) is 5.82 Å². The Hall–Kier alpha value is -5.47. The van der Waals surface area contributed by atoms with E-state index in [1.165, 1.54) is 11.0 Å². The van der Waals surface area contributed by atoms with Crippen molar-refractivity contribution < 1.29 is 19.1 Å². The van der Waals surface area contributed by atoms with E-state index in [0.717, 1.165) is 16.7 Å². The number of amides is 2. The van der Waals surface area contributed by atoms with Gasteiger partial charge in [0.2, 0.25) is 5.91 Å². The number of nitrogens with zero attached hydrogens (tertiary/aromatic N) is 3. The van der Waals surface area contributed by atoms with Crippen LogP contribution in [0.5, 0.6) is 0 Å². The molecule has 1 aliphatic heterocycles. The molecule has 6 aromatic rings. The lowest BCUT2D eigenvalue weighted by atomic mass is 9.77. The smallest absolute Gasteiger partial charge is 0.407 e. The minimum absolute atomic E-state index is 0.0951. The lowest BCUT2D eigenvalue weighted by molar-refractivity contribution is -0.121. The van der Waals surface area contributed by atoms with Crippen molar-refractivity contribution in [3.05, 3.63) is 155 Å². The first kappa shape index (κ1) is 31.1. The maximum atomic E-state index is 15.2. The molecule has 2 N–H and O–H groups in total. The van der Waals surface area contributed by atoms with Crippen LogP contribution >= 0.6 is 11.6 Å². The number of aromatic nitrogens is 2. The third-order valence-corrected chi connectivity index (χ3v) is 9.44. The molecular weight excluding hydrogens is 627 g/mol. The van der Waals surface area contributed by atoms with Crippen molar-refractivity contribution in [3.8, 4) is 11.1 Å². The number of hydrogen-bond donors (Lipinski definition) is 2. The van der Waals surface area contributed by atoms with Gasteiger partial charge in [-0.2, -0.15) is 5.10 Å². The first-order valence-electron chi connectivity index (χ1n) is 15.8. The Kier molecular flexibility index (Phi) is 8.41. The van der Waals surface area contributed by atoms with Crippen molar-refractivity contribution in [1.29, 1.82) is 0 Å². The Labute approximate surface area is 282 Å². The number of carbonyl (C=O) groups is 2. The van der Waals surface area contributed by atoms with E-state index in [1.807, 2.05) is 71.4 Å². The van der Waals surface area contributed by atoms with Gasteiger partial charge in [0.05, 0.1) is 16.5 Å². The highest BCUT2D eigenvalue weighted by atomic mass is 35.5. The minimum atomic E-state index is -1.05. The second-order valence-corrected chi connectivity index (χ2v) is 12.4. The second kappa shape index (κ2) is 13.0. The Morgan fingerprint density at radius 3 is 2.00 bits per heavy atom. The molecule has 1 aromatic heterocycles. The van der Waals surface area contributed by atoms with Gasteiger partial charge in [0, 0.05) is 24.0 Å². The Bertz CT molecular complexity index is 1990. The summed E-state index contributed by atoms with van der Waals surface area (Å²) in [5, 5.41) is 18.7. The number of rotatable bonds is 7. The number of nitrogens with one attached hydrogen (secondary N) is 1. The molecule has 48 heavy (non-hydrogen) atoms. The van der Waals surface area contributed by atoms with Gasteiger partial charge in [0.25, 0.3) is 0 Å². The molecule has 240 valence electrons. The zero-order valence-electron chi connectivity index (χ0n) is 25.9. The molecule has 2 amide bonds. The number of anilines is 1. The van der Waals surface area contributed by atoms with Crippen LogP contribution in [0.15, 0.2) is 127 Å². The van der Waals surface area contributed by atoms with Gasteiger partial charge in [-0.05, 0) is 59.4 Å². The number of benzene rings is 5. The molecule has 2 heterocycles. The molecule has 9 heteroatoms. The van der Waals surface area contributed by atoms with E-state index in [4.69, 9.17) is 16.7 Å². The standard InChI is InChI=1S/C39H32ClFN4O3/c40-32-19-10-20-33(41)35(32)26-21-22-34-31(24-26)36(42-37(46)27-12-11-23-44(25-27)38(47)48)43-45(34)39(28-13-4-1-5-14-28,29-15-6-2-7-16-29)30-17-8-3-9-18-30/h1-10,13-22,24,27H,11-12,23,25H2,(H,47,48)(H,42,43,46)/t27-/m0/s1. The summed E-state index contributed by atoms with van der Waals surface area (Å²) in [6.45, 7) is 0.481. The van der Waals surface area contributed by atoms with Gasteiger partial charge in [0.1, 0.15) is 11.4 Å². The van der Waals surface area contributed by atoms with Gasteiger partial charge in [-0.1, -0.05) is 115 Å². The highest BCUT2D eigenvalue weighted by Gasteiger charge is 2.41. The fourth-order valence-corrected chi connectivity index (χ4v) is 7.16. The number of halogens is 2. The van der Waals surface area contributed by atoms with E-state index < -0.39 is 23.4 Å². The highest BCUT2D eigenvalue weighted by molar-refractivity contribution is 6.33. The monoisotopic (exact) mass is 658 g/mol. The highest BCUT2D eigenvalue weighted by Crippen LogP contribution is 2.44. The van der Waals surface area contributed by atoms with Crippen LogP contribution in [-0.2, 0) is 10.3 Å². The van der Waals surface area contributed by atoms with Gasteiger partial charge < -0.3 is 15.3 Å². The lowest BCUT2D eigenvalue weighted by Gasteiger charge is -2.37. The molecule has 0 bridgehead atoms. The summed E-state index contributed by atoms with van der Waals surface area (Å²) < 4.78 is 17.1. The van der Waals surface area contributed by atoms with Gasteiger partial charge in [-0.15, -0.1) is 0 Å².